The largest absolute Gasteiger partial charge is 0.327 e. The highest BCUT2D eigenvalue weighted by atomic mass is 32.2. The van der Waals surface area contributed by atoms with Gasteiger partial charge in [-0.15, -0.1) is 0 Å². The Labute approximate surface area is 73.6 Å². The van der Waals surface area contributed by atoms with Crippen molar-refractivity contribution in [3.05, 3.63) is 12.2 Å². The summed E-state index contributed by atoms with van der Waals surface area (Å²) < 4.78 is 22.1. The minimum absolute atomic E-state index is 0.269. The molecule has 3 nitrogen and oxygen atoms in total. The Hall–Kier alpha value is -0.350. The fourth-order valence-electron chi connectivity index (χ4n) is 1.52. The molecule has 0 spiro atoms. The summed E-state index contributed by atoms with van der Waals surface area (Å²) >= 11 is 0. The lowest BCUT2D eigenvalue weighted by Gasteiger charge is -2.07. The predicted molar refractivity (Wildman–Crippen MR) is 49.6 cm³/mol. The van der Waals surface area contributed by atoms with E-state index in [1.807, 2.05) is 0 Å². The number of hydrogen-bond acceptors (Lipinski definition) is 3. The summed E-state index contributed by atoms with van der Waals surface area (Å²) in [5.41, 5.74) is 6.32. The first kappa shape index (κ1) is 9.74. The highest BCUT2D eigenvalue weighted by Gasteiger charge is 2.27. The van der Waals surface area contributed by atoms with Crippen molar-refractivity contribution in [2.75, 3.05) is 18.1 Å². The zero-order valence-corrected chi connectivity index (χ0v) is 7.94. The lowest BCUT2D eigenvalue weighted by atomic mass is 10.0. The molecule has 0 bridgehead atoms. The molecule has 1 fully saturated rings. The second-order valence-corrected chi connectivity index (χ2v) is 5.66. The van der Waals surface area contributed by atoms with Crippen LogP contribution in [0.1, 0.15) is 12.8 Å². The Bertz CT molecular complexity index is 269. The maximum atomic E-state index is 11.0. The summed E-state index contributed by atoms with van der Waals surface area (Å²) in [4.78, 5) is 0. The third-order valence-corrected chi connectivity index (χ3v) is 4.03. The molecule has 1 heterocycles. The lowest BCUT2D eigenvalue weighted by molar-refractivity contribution is 0.578. The van der Waals surface area contributed by atoms with Crippen LogP contribution in [-0.4, -0.2) is 26.5 Å². The molecule has 0 aromatic carbocycles. The van der Waals surface area contributed by atoms with Crippen LogP contribution in [-0.2, 0) is 9.84 Å². The molecule has 1 atom stereocenters. The van der Waals surface area contributed by atoms with Crippen molar-refractivity contribution in [3.8, 4) is 0 Å². The van der Waals surface area contributed by atoms with Crippen molar-refractivity contribution in [1.82, 2.24) is 0 Å². The van der Waals surface area contributed by atoms with Crippen LogP contribution in [0.3, 0.4) is 0 Å². The molecule has 0 saturated carbocycles. The van der Waals surface area contributed by atoms with Crippen molar-refractivity contribution < 1.29 is 8.42 Å². The number of nitrogens with two attached hydrogens (primary N) is 1. The second-order valence-electron chi connectivity index (χ2n) is 3.43. The van der Waals surface area contributed by atoms with Crippen LogP contribution in [0.5, 0.6) is 0 Å². The Morgan fingerprint density at radius 1 is 1.58 bits per heavy atom. The Morgan fingerprint density at radius 2 is 2.25 bits per heavy atom. The van der Waals surface area contributed by atoms with Crippen LogP contribution >= 0.6 is 0 Å². The average molecular weight is 189 g/mol. The van der Waals surface area contributed by atoms with Crippen LogP contribution in [0.4, 0.5) is 0 Å². The SMILES string of the molecule is C=C(CN)CC1CCS(=O)(=O)C1. The molecule has 1 unspecified atom stereocenters. The first-order valence-corrected chi connectivity index (χ1v) is 5.93. The van der Waals surface area contributed by atoms with Gasteiger partial charge in [0.15, 0.2) is 9.84 Å². The molecular formula is C8H15NO2S. The van der Waals surface area contributed by atoms with Crippen LogP contribution in [0.25, 0.3) is 0 Å². The van der Waals surface area contributed by atoms with Gasteiger partial charge in [0, 0.05) is 6.54 Å². The van der Waals surface area contributed by atoms with Crippen LogP contribution in [0.15, 0.2) is 12.2 Å². The maximum absolute atomic E-state index is 11.0. The molecule has 0 aromatic rings. The van der Waals surface area contributed by atoms with Crippen molar-refractivity contribution in [3.63, 3.8) is 0 Å². The molecule has 1 aliphatic rings. The molecule has 1 rings (SSSR count). The molecule has 2 N–H and O–H groups in total. The molecule has 70 valence electrons. The molecule has 0 radical (unpaired) electrons. The van der Waals surface area contributed by atoms with E-state index in [9.17, 15) is 8.42 Å². The lowest BCUT2D eigenvalue weighted by Crippen LogP contribution is -2.09. The Balaban J connectivity index is 2.43. The van der Waals surface area contributed by atoms with Crippen molar-refractivity contribution in [1.29, 1.82) is 0 Å². The van der Waals surface area contributed by atoms with E-state index in [4.69, 9.17) is 5.73 Å². The average Bonchev–Trinajstić information content (AvgIpc) is 2.30. The van der Waals surface area contributed by atoms with Gasteiger partial charge in [-0.1, -0.05) is 12.2 Å². The van der Waals surface area contributed by atoms with Gasteiger partial charge in [0.05, 0.1) is 11.5 Å². The fourth-order valence-corrected chi connectivity index (χ4v) is 3.39. The van der Waals surface area contributed by atoms with Gasteiger partial charge in [-0.05, 0) is 18.8 Å². The minimum Gasteiger partial charge on any atom is -0.327 e. The summed E-state index contributed by atoms with van der Waals surface area (Å²) in [5.74, 6) is 0.938. The Kier molecular flexibility index (Phi) is 2.90. The van der Waals surface area contributed by atoms with E-state index in [-0.39, 0.29) is 5.92 Å². The van der Waals surface area contributed by atoms with Crippen molar-refractivity contribution in [2.45, 2.75) is 12.8 Å². The van der Waals surface area contributed by atoms with E-state index in [0.29, 0.717) is 18.1 Å². The predicted octanol–water partition coefficient (Wildman–Crippen LogP) is 0.326. The van der Waals surface area contributed by atoms with E-state index < -0.39 is 9.84 Å². The van der Waals surface area contributed by atoms with E-state index in [0.717, 1.165) is 18.4 Å². The van der Waals surface area contributed by atoms with Crippen molar-refractivity contribution >= 4 is 9.84 Å². The molecule has 0 aromatic heterocycles. The molecule has 1 saturated heterocycles. The summed E-state index contributed by atoms with van der Waals surface area (Å²) in [6.45, 7) is 4.23. The quantitative estimate of drug-likeness (QED) is 0.651. The van der Waals surface area contributed by atoms with Gasteiger partial charge < -0.3 is 5.73 Å². The van der Waals surface area contributed by atoms with Crippen molar-refractivity contribution in [2.24, 2.45) is 11.7 Å². The van der Waals surface area contributed by atoms with Crippen LogP contribution in [0.2, 0.25) is 0 Å². The second kappa shape index (κ2) is 3.58. The summed E-state index contributed by atoms with van der Waals surface area (Å²) in [6.07, 6.45) is 1.55. The van der Waals surface area contributed by atoms with Crippen LogP contribution < -0.4 is 5.73 Å². The first-order chi connectivity index (χ1) is 5.53. The molecule has 12 heavy (non-hydrogen) atoms. The van der Waals surface area contributed by atoms with Gasteiger partial charge in [-0.3, -0.25) is 0 Å². The summed E-state index contributed by atoms with van der Waals surface area (Å²) in [5, 5.41) is 0. The smallest absolute Gasteiger partial charge is 0.150 e. The third-order valence-electron chi connectivity index (χ3n) is 2.19. The number of hydrogen-bond donors (Lipinski definition) is 1. The fraction of sp³-hybridized carbons (Fsp3) is 0.750. The van der Waals surface area contributed by atoms with Gasteiger partial charge in [0.2, 0.25) is 0 Å². The normalized spacial score (nSPS) is 27.2. The maximum Gasteiger partial charge on any atom is 0.150 e. The summed E-state index contributed by atoms with van der Waals surface area (Å²) in [7, 11) is -2.73. The third kappa shape index (κ3) is 2.60. The summed E-state index contributed by atoms with van der Waals surface area (Å²) in [6, 6.07) is 0. The van der Waals surface area contributed by atoms with Gasteiger partial charge in [0.25, 0.3) is 0 Å². The molecule has 0 amide bonds. The molecule has 4 heteroatoms. The van der Waals surface area contributed by atoms with Gasteiger partial charge in [0.1, 0.15) is 0 Å². The van der Waals surface area contributed by atoms with Crippen LogP contribution in [0, 0.1) is 5.92 Å². The van der Waals surface area contributed by atoms with E-state index in [1.54, 1.807) is 0 Å². The number of sulfone groups is 1. The highest BCUT2D eigenvalue weighted by molar-refractivity contribution is 7.91. The standard InChI is InChI=1S/C8H15NO2S/c1-7(5-9)4-8-2-3-12(10,11)6-8/h8H,1-6,9H2. The van der Waals surface area contributed by atoms with Gasteiger partial charge >= 0.3 is 0 Å². The zero-order valence-electron chi connectivity index (χ0n) is 7.12. The number of rotatable bonds is 3. The highest BCUT2D eigenvalue weighted by Crippen LogP contribution is 2.23. The monoisotopic (exact) mass is 189 g/mol. The molecular weight excluding hydrogens is 174 g/mol. The minimum atomic E-state index is -2.73. The molecule has 1 aliphatic heterocycles. The van der Waals surface area contributed by atoms with E-state index in [1.165, 1.54) is 0 Å². The first-order valence-electron chi connectivity index (χ1n) is 4.10. The van der Waals surface area contributed by atoms with E-state index in [2.05, 4.69) is 6.58 Å². The van der Waals surface area contributed by atoms with E-state index >= 15 is 0 Å². The van der Waals surface area contributed by atoms with Gasteiger partial charge in [-0.2, -0.15) is 0 Å². The zero-order chi connectivity index (χ0) is 9.19. The molecule has 0 aliphatic carbocycles. The topological polar surface area (TPSA) is 60.2 Å². The Morgan fingerprint density at radius 3 is 2.67 bits per heavy atom. The van der Waals surface area contributed by atoms with Gasteiger partial charge in [-0.25, -0.2) is 8.42 Å².